The van der Waals surface area contributed by atoms with Crippen LogP contribution in [0.1, 0.15) is 177 Å². The Kier molecular flexibility index (Phi) is 17.1. The van der Waals surface area contributed by atoms with Crippen LogP contribution in [0.15, 0.2) is 132 Å². The van der Waals surface area contributed by atoms with Crippen molar-refractivity contribution in [2.75, 3.05) is 6.61 Å². The number of guanidine groups is 1. The zero-order valence-corrected chi connectivity index (χ0v) is 50.3. The van der Waals surface area contributed by atoms with Crippen molar-refractivity contribution >= 4 is 16.1 Å². The molecule has 426 valence electrons. The van der Waals surface area contributed by atoms with Crippen molar-refractivity contribution in [2.24, 2.45) is 46.0 Å². The van der Waals surface area contributed by atoms with Gasteiger partial charge in [-0.15, -0.1) is 0 Å². The number of aliphatic hydroxyl groups is 3. The van der Waals surface area contributed by atoms with Gasteiger partial charge >= 0.3 is 29.6 Å². The number of allylic oxidation sites excluding steroid dienone is 1. The number of nitrogens with zero attached hydrogens (tertiary/aromatic N) is 1. The zero-order chi connectivity index (χ0) is 56.3. The van der Waals surface area contributed by atoms with Gasteiger partial charge in [0.15, 0.2) is 5.96 Å². The minimum atomic E-state index is -4.95. The predicted octanol–water partition coefficient (Wildman–Crippen LogP) is 7.91. The third kappa shape index (κ3) is 11.9. The molecule has 4 aliphatic carbocycles. The van der Waals surface area contributed by atoms with Gasteiger partial charge in [0.1, 0.15) is 17.6 Å². The third-order valence-corrected chi connectivity index (χ3v) is 21.5. The summed E-state index contributed by atoms with van der Waals surface area (Å²) in [5.41, 5.74) is 18.5. The number of benzene rings is 5. The van der Waals surface area contributed by atoms with Crippen molar-refractivity contribution in [1.82, 2.24) is 0 Å². The monoisotopic (exact) mass is 1140 g/mol. The number of nitrogens with two attached hydrogens (primary N) is 2. The summed E-state index contributed by atoms with van der Waals surface area (Å²) < 4.78 is 57.7. The molecule has 0 spiro atoms. The Balaban J connectivity index is 0.00000705. The van der Waals surface area contributed by atoms with Gasteiger partial charge in [0, 0.05) is 36.1 Å². The van der Waals surface area contributed by atoms with Gasteiger partial charge in [-0.05, 0) is 194 Å². The van der Waals surface area contributed by atoms with Crippen molar-refractivity contribution in [3.05, 3.63) is 177 Å². The summed E-state index contributed by atoms with van der Waals surface area (Å²) in [5.74, 6) is 4.80. The van der Waals surface area contributed by atoms with Gasteiger partial charge in [0.05, 0.1) is 32.7 Å². The van der Waals surface area contributed by atoms with E-state index in [4.69, 9.17) is 25.9 Å². The summed E-state index contributed by atoms with van der Waals surface area (Å²) >= 11 is 0. The van der Waals surface area contributed by atoms with Gasteiger partial charge in [-0.3, -0.25) is 0 Å². The molecule has 12 nitrogen and oxygen atoms in total. The number of phenols is 1. The Bertz CT molecular complexity index is 3350. The van der Waals surface area contributed by atoms with Gasteiger partial charge in [-0.1, -0.05) is 129 Å². The van der Waals surface area contributed by atoms with Gasteiger partial charge in [0.2, 0.25) is 5.72 Å². The van der Waals surface area contributed by atoms with E-state index < -0.39 is 56.2 Å². The number of ether oxygens (including phenoxy) is 2. The maximum absolute atomic E-state index is 14.3. The fourth-order valence-electron chi connectivity index (χ4n) is 16.1. The van der Waals surface area contributed by atoms with Gasteiger partial charge in [-0.25, -0.2) is 13.4 Å². The fourth-order valence-corrected chi connectivity index (χ4v) is 17.2. The first kappa shape index (κ1) is 58.8. The normalized spacial score (nSPS) is 31.3. The summed E-state index contributed by atoms with van der Waals surface area (Å²) in [5, 5.41) is 45.1. The number of hydrogen-bond acceptors (Lipinski definition) is 10. The minimum absolute atomic E-state index is 0. The average Bonchev–Trinajstić information content (AvgIpc) is 3.98. The van der Waals surface area contributed by atoms with E-state index in [1.807, 2.05) is 72.8 Å². The van der Waals surface area contributed by atoms with Gasteiger partial charge < -0.3 is 45.9 Å². The van der Waals surface area contributed by atoms with E-state index >= 15 is 0 Å². The smallest absolute Gasteiger partial charge is 0.748 e. The number of fused-ring (bicyclic) bond motifs is 9. The number of phenolic OH excluding ortho intramolecular Hbond substituents is 1. The van der Waals surface area contributed by atoms with E-state index in [0.717, 1.165) is 89.5 Å². The van der Waals surface area contributed by atoms with Crippen LogP contribution < -0.4 is 45.8 Å². The molecule has 9 aliphatic rings. The van der Waals surface area contributed by atoms with E-state index in [1.165, 1.54) is 0 Å². The molecule has 5 aromatic rings. The van der Waals surface area contributed by atoms with Crippen molar-refractivity contribution in [1.29, 1.82) is 0 Å². The SMILES string of the molecule is CC1CCc2cc3ccc2C1CC(S(=O)(=O)[O-])C1C=C2CC(CC4CC(CO)CC#Cc5cc(O)ccc5C2O4)C1c1ccc(cc1)C(CC(Cc1ccccc1)C1(O)CCCC(c2ccc(C4(O)CCCC4)cc2)C1)(N=C(N)N)O3.[Na+]. The number of hydrogen-bond donors (Lipinski definition) is 6. The molecule has 5 aliphatic heterocycles. The summed E-state index contributed by atoms with van der Waals surface area (Å²) in [6.07, 6.45) is 11.8. The molecule has 10 bridgehead atoms. The molecule has 0 aromatic heterocycles. The predicted molar refractivity (Wildman–Crippen MR) is 312 cm³/mol. The van der Waals surface area contributed by atoms with Crippen LogP contribution in [-0.4, -0.2) is 62.9 Å². The Hall–Kier alpha value is -4.98. The maximum Gasteiger partial charge on any atom is 1.00 e. The second-order valence-corrected chi connectivity index (χ2v) is 27.0. The van der Waals surface area contributed by atoms with E-state index in [-0.39, 0.29) is 96.4 Å². The van der Waals surface area contributed by atoms with Crippen molar-refractivity contribution < 1.29 is 72.4 Å². The molecular weight excluding hydrogens is 1060 g/mol. The average molecular weight is 1140 g/mol. The Morgan fingerprint density at radius 2 is 1.59 bits per heavy atom. The molecule has 82 heavy (non-hydrogen) atoms. The van der Waals surface area contributed by atoms with Crippen LogP contribution in [0.25, 0.3) is 0 Å². The second-order valence-electron chi connectivity index (χ2n) is 25.4. The van der Waals surface area contributed by atoms with Gasteiger partial charge in [-0.2, -0.15) is 0 Å². The first-order chi connectivity index (χ1) is 39.0. The summed E-state index contributed by atoms with van der Waals surface area (Å²) in [4.78, 5) is 5.16. The molecule has 8 N–H and O–H groups in total. The van der Waals surface area contributed by atoms with E-state index in [9.17, 15) is 33.4 Å². The number of aliphatic hydroxyl groups excluding tert-OH is 1. The van der Waals surface area contributed by atoms with E-state index in [2.05, 4.69) is 55.2 Å². The summed E-state index contributed by atoms with van der Waals surface area (Å²) in [6, 6.07) is 37.8. The van der Waals surface area contributed by atoms with Crippen LogP contribution in [-0.2, 0) is 39.0 Å². The number of aromatic hydroxyl groups is 1. The molecule has 1 saturated heterocycles. The van der Waals surface area contributed by atoms with Crippen LogP contribution in [0.5, 0.6) is 11.5 Å². The molecule has 5 aromatic carbocycles. The number of rotatable bonds is 10. The largest absolute Gasteiger partial charge is 1.00 e. The number of aryl methyl sites for hydroxylation is 1. The third-order valence-electron chi connectivity index (χ3n) is 20.3. The molecule has 0 radical (unpaired) electrons. The molecule has 0 amide bonds. The van der Waals surface area contributed by atoms with Crippen LogP contribution in [0.3, 0.4) is 0 Å². The maximum atomic E-state index is 14.3. The molecule has 2 saturated carbocycles. The van der Waals surface area contributed by atoms with E-state index in [1.54, 1.807) is 12.1 Å². The van der Waals surface area contributed by atoms with Crippen LogP contribution in [0.4, 0.5) is 0 Å². The quantitative estimate of drug-likeness (QED) is 0.0197. The summed E-state index contributed by atoms with van der Waals surface area (Å²) in [7, 11) is -4.95. The Morgan fingerprint density at radius 1 is 0.854 bits per heavy atom. The first-order valence-electron chi connectivity index (χ1n) is 29.8. The standard InChI is InChI=1S/C68H79N3O9S.Na/c1-42-14-15-48-35-56-25-27-58(48)60(42)38-62(81(76,77)78)61-37-51-33-50(36-57-32-44(41-72)11-7-12-47-34-55(73)24-26-59(47)64(51)79-57)63(61)46-18-22-53(23-19-46)68(80-56,71-65(69)70)40-54(31-43-9-3-2-4-10-43)67(75)30-8-13-49(39-67)45-16-20-52(21-17-45)66(74)28-5-6-29-66;/h2-4,9-10,16-27,34-35,37,42,44,49-50,54,57,60-64,72-75H,5-6,8,11,13-15,28-33,36,38-41H2,1H3,(H4,69,70,71)(H,76,77,78);/q;+1/p-1. The van der Waals surface area contributed by atoms with Crippen LogP contribution in [0.2, 0.25) is 0 Å². The molecule has 14 rings (SSSR count). The van der Waals surface area contributed by atoms with Crippen molar-refractivity contribution in [2.45, 2.75) is 168 Å². The number of aliphatic imine (C=N–C) groups is 1. The van der Waals surface area contributed by atoms with E-state index in [0.29, 0.717) is 68.2 Å². The minimum Gasteiger partial charge on any atom is -0.748 e. The molecule has 5 heterocycles. The van der Waals surface area contributed by atoms with Crippen molar-refractivity contribution in [3.8, 4) is 23.3 Å². The van der Waals surface area contributed by atoms with Crippen molar-refractivity contribution in [3.63, 3.8) is 0 Å². The second kappa shape index (κ2) is 23.8. The molecule has 13 unspecified atom stereocenters. The van der Waals surface area contributed by atoms with Crippen LogP contribution >= 0.6 is 0 Å². The summed E-state index contributed by atoms with van der Waals surface area (Å²) in [6.45, 7) is 2.07. The Labute approximate surface area is 506 Å². The topological polar surface area (TPSA) is 221 Å². The molecule has 3 fully saturated rings. The first-order valence-corrected chi connectivity index (χ1v) is 31.3. The molecule has 14 heteroatoms. The Morgan fingerprint density at radius 3 is 2.32 bits per heavy atom. The fraction of sp³-hybridized carbons (Fsp3) is 0.485. The molecular formula is C68H78N3NaO9S. The molecule has 13 atom stereocenters. The van der Waals surface area contributed by atoms with Crippen LogP contribution in [0, 0.1) is 41.4 Å². The zero-order valence-electron chi connectivity index (χ0n) is 47.5. The van der Waals surface area contributed by atoms with Gasteiger partial charge in [0.25, 0.3) is 0 Å².